The lowest BCUT2D eigenvalue weighted by Gasteiger charge is -2.15. The van der Waals surface area contributed by atoms with Gasteiger partial charge in [0.15, 0.2) is 23.3 Å². The minimum atomic E-state index is -2.31. The highest BCUT2D eigenvalue weighted by Crippen LogP contribution is 2.34. The largest absolute Gasteiger partial charge is 0.496 e. The number of ether oxygens (including phenoxy) is 1. The van der Waals surface area contributed by atoms with Crippen molar-refractivity contribution in [2.75, 3.05) is 12.1 Å². The summed E-state index contributed by atoms with van der Waals surface area (Å²) >= 11 is 0. The zero-order valence-corrected chi connectivity index (χ0v) is 14.9. The van der Waals surface area contributed by atoms with Crippen LogP contribution in [0, 0.1) is 36.0 Å². The first kappa shape index (κ1) is 19.5. The van der Waals surface area contributed by atoms with Crippen LogP contribution >= 0.6 is 0 Å². The SMILES string of the molecule is COc1cc(/C=C2\C(=O)N(c3c(F)c(F)c(F)c(F)c3F)N=C2C)ccc1C. The van der Waals surface area contributed by atoms with Gasteiger partial charge in [-0.1, -0.05) is 12.1 Å². The molecule has 1 aliphatic heterocycles. The number of carbonyl (C=O) groups is 1. The van der Waals surface area contributed by atoms with Gasteiger partial charge >= 0.3 is 0 Å². The number of benzene rings is 2. The number of rotatable bonds is 3. The van der Waals surface area contributed by atoms with E-state index >= 15 is 0 Å². The number of carbonyl (C=O) groups excluding carboxylic acids is 1. The molecule has 28 heavy (non-hydrogen) atoms. The van der Waals surface area contributed by atoms with Gasteiger partial charge in [-0.15, -0.1) is 0 Å². The van der Waals surface area contributed by atoms with Crippen molar-refractivity contribution in [1.82, 2.24) is 0 Å². The minimum Gasteiger partial charge on any atom is -0.496 e. The molecule has 2 aromatic rings. The van der Waals surface area contributed by atoms with E-state index in [0.29, 0.717) is 11.3 Å². The van der Waals surface area contributed by atoms with E-state index < -0.39 is 40.7 Å². The molecule has 4 nitrogen and oxygen atoms in total. The van der Waals surface area contributed by atoms with Crippen LogP contribution in [-0.2, 0) is 4.79 Å². The molecule has 0 aromatic heterocycles. The van der Waals surface area contributed by atoms with Crippen molar-refractivity contribution < 1.29 is 31.5 Å². The predicted octanol–water partition coefficient (Wildman–Crippen LogP) is 4.51. The molecule has 0 saturated carbocycles. The molecular weight excluding hydrogens is 383 g/mol. The Balaban J connectivity index is 2.08. The molecule has 2 aromatic carbocycles. The highest BCUT2D eigenvalue weighted by Gasteiger charge is 2.37. The Morgan fingerprint density at radius 2 is 1.54 bits per heavy atom. The normalized spacial score (nSPS) is 15.4. The molecule has 146 valence electrons. The molecule has 0 atom stereocenters. The van der Waals surface area contributed by atoms with Crippen LogP contribution in [0.5, 0.6) is 5.75 Å². The van der Waals surface area contributed by atoms with Crippen LogP contribution in [0.15, 0.2) is 28.9 Å². The van der Waals surface area contributed by atoms with Gasteiger partial charge in [-0.3, -0.25) is 4.79 Å². The van der Waals surface area contributed by atoms with E-state index in [2.05, 4.69) is 5.10 Å². The quantitative estimate of drug-likeness (QED) is 0.332. The topological polar surface area (TPSA) is 41.9 Å². The fraction of sp³-hybridized carbons (Fsp3) is 0.158. The van der Waals surface area contributed by atoms with Crippen LogP contribution in [-0.4, -0.2) is 18.7 Å². The first-order valence-electron chi connectivity index (χ1n) is 7.95. The van der Waals surface area contributed by atoms with Crippen LogP contribution < -0.4 is 9.75 Å². The number of anilines is 1. The van der Waals surface area contributed by atoms with Gasteiger partial charge in [0, 0.05) is 0 Å². The van der Waals surface area contributed by atoms with E-state index in [1.54, 1.807) is 18.2 Å². The molecule has 3 rings (SSSR count). The fourth-order valence-corrected chi connectivity index (χ4v) is 2.71. The summed E-state index contributed by atoms with van der Waals surface area (Å²) in [5, 5.41) is 3.85. The standard InChI is InChI=1S/C19H13F5N2O2/c1-8-4-5-10(7-12(8)28-3)6-11-9(2)25-26(19(11)27)18-16(23)14(21)13(20)15(22)17(18)24/h4-7H,1-3H3/b11-6-. The summed E-state index contributed by atoms with van der Waals surface area (Å²) in [6.07, 6.45) is 1.38. The molecule has 0 radical (unpaired) electrons. The molecular formula is C19H13F5N2O2. The number of hydrogen-bond donors (Lipinski definition) is 0. The van der Waals surface area contributed by atoms with E-state index in [1.165, 1.54) is 20.1 Å². The molecule has 0 saturated heterocycles. The first-order chi connectivity index (χ1) is 13.2. The van der Waals surface area contributed by atoms with E-state index in [-0.39, 0.29) is 16.3 Å². The summed E-state index contributed by atoms with van der Waals surface area (Å²) in [6.45, 7) is 3.19. The van der Waals surface area contributed by atoms with Gasteiger partial charge in [-0.05, 0) is 37.1 Å². The van der Waals surface area contributed by atoms with Crippen molar-refractivity contribution >= 4 is 23.4 Å². The Labute approximate surface area is 156 Å². The zero-order chi connectivity index (χ0) is 20.7. The average molecular weight is 396 g/mol. The van der Waals surface area contributed by atoms with Gasteiger partial charge in [-0.25, -0.2) is 22.0 Å². The van der Waals surface area contributed by atoms with E-state index in [9.17, 15) is 26.7 Å². The summed E-state index contributed by atoms with van der Waals surface area (Å²) < 4.78 is 73.4. The second-order valence-electron chi connectivity index (χ2n) is 6.01. The number of amides is 1. The summed E-state index contributed by atoms with van der Waals surface area (Å²) in [7, 11) is 1.47. The molecule has 0 unspecified atom stereocenters. The second-order valence-corrected chi connectivity index (χ2v) is 6.01. The van der Waals surface area contributed by atoms with E-state index in [0.717, 1.165) is 5.56 Å². The lowest BCUT2D eigenvalue weighted by molar-refractivity contribution is -0.114. The maximum atomic E-state index is 14.0. The lowest BCUT2D eigenvalue weighted by atomic mass is 10.1. The van der Waals surface area contributed by atoms with Crippen molar-refractivity contribution in [3.05, 3.63) is 64.0 Å². The smallest absolute Gasteiger partial charge is 0.280 e. The summed E-state index contributed by atoms with van der Waals surface area (Å²) in [5.41, 5.74) is -0.0654. The van der Waals surface area contributed by atoms with Crippen molar-refractivity contribution in [3.8, 4) is 5.75 Å². The molecule has 0 spiro atoms. The zero-order valence-electron chi connectivity index (χ0n) is 14.9. The third kappa shape index (κ3) is 3.02. The average Bonchev–Trinajstić information content (AvgIpc) is 2.94. The van der Waals surface area contributed by atoms with Crippen LogP contribution in [0.3, 0.4) is 0 Å². The number of aryl methyl sites for hydroxylation is 1. The third-order valence-corrected chi connectivity index (χ3v) is 4.20. The Bertz CT molecular complexity index is 1030. The second kappa shape index (κ2) is 7.06. The summed E-state index contributed by atoms with van der Waals surface area (Å²) in [5.74, 6) is -11.4. The molecule has 0 N–H and O–H groups in total. The summed E-state index contributed by atoms with van der Waals surface area (Å²) in [6, 6.07) is 5.04. The van der Waals surface area contributed by atoms with Gasteiger partial charge in [-0.2, -0.15) is 10.1 Å². The van der Waals surface area contributed by atoms with E-state index in [1.807, 2.05) is 6.92 Å². The molecule has 1 amide bonds. The van der Waals surface area contributed by atoms with Gasteiger partial charge in [0.05, 0.1) is 18.4 Å². The van der Waals surface area contributed by atoms with Crippen molar-refractivity contribution in [1.29, 1.82) is 0 Å². The van der Waals surface area contributed by atoms with Gasteiger partial charge in [0.1, 0.15) is 11.4 Å². The van der Waals surface area contributed by atoms with Crippen LogP contribution in [0.2, 0.25) is 0 Å². The molecule has 0 bridgehead atoms. The van der Waals surface area contributed by atoms with E-state index in [4.69, 9.17) is 4.74 Å². The monoisotopic (exact) mass is 396 g/mol. The minimum absolute atomic E-state index is 0.0495. The molecule has 0 fully saturated rings. The maximum Gasteiger partial charge on any atom is 0.280 e. The van der Waals surface area contributed by atoms with Crippen molar-refractivity contribution in [2.24, 2.45) is 5.10 Å². The predicted molar refractivity (Wildman–Crippen MR) is 92.5 cm³/mol. The van der Waals surface area contributed by atoms with Gasteiger partial charge < -0.3 is 4.74 Å². The number of hydrazone groups is 1. The molecule has 1 aliphatic rings. The fourth-order valence-electron chi connectivity index (χ4n) is 2.71. The third-order valence-electron chi connectivity index (χ3n) is 4.20. The molecule has 0 aliphatic carbocycles. The van der Waals surface area contributed by atoms with Crippen LogP contribution in [0.1, 0.15) is 18.1 Å². The number of nitrogens with zero attached hydrogens (tertiary/aromatic N) is 2. The summed E-state index contributed by atoms with van der Waals surface area (Å²) in [4.78, 5) is 12.6. The number of methoxy groups -OCH3 is 1. The molecule has 1 heterocycles. The highest BCUT2D eigenvalue weighted by atomic mass is 19.2. The number of halogens is 5. The first-order valence-corrected chi connectivity index (χ1v) is 7.95. The Kier molecular flexibility index (Phi) is 4.93. The highest BCUT2D eigenvalue weighted by molar-refractivity contribution is 6.32. The van der Waals surface area contributed by atoms with Crippen molar-refractivity contribution in [2.45, 2.75) is 13.8 Å². The van der Waals surface area contributed by atoms with Crippen molar-refractivity contribution in [3.63, 3.8) is 0 Å². The van der Waals surface area contributed by atoms with Gasteiger partial charge in [0.25, 0.3) is 5.91 Å². The Morgan fingerprint density at radius 1 is 0.964 bits per heavy atom. The Hall–Kier alpha value is -3.23. The van der Waals surface area contributed by atoms with Crippen LogP contribution in [0.25, 0.3) is 6.08 Å². The number of hydrogen-bond acceptors (Lipinski definition) is 3. The lowest BCUT2D eigenvalue weighted by Crippen LogP contribution is -2.25. The van der Waals surface area contributed by atoms with Gasteiger partial charge in [0.2, 0.25) is 5.82 Å². The van der Waals surface area contributed by atoms with Crippen LogP contribution in [0.4, 0.5) is 27.6 Å². The molecule has 9 heteroatoms. The maximum absolute atomic E-state index is 14.0. The Morgan fingerprint density at radius 3 is 2.11 bits per heavy atom.